The topological polar surface area (TPSA) is 33.7 Å². The van der Waals surface area contributed by atoms with E-state index in [9.17, 15) is 0 Å². The third-order valence-corrected chi connectivity index (χ3v) is 4.60. The number of rotatable bonds is 11. The minimum absolute atomic E-state index is 0.535. The van der Waals surface area contributed by atoms with Crippen LogP contribution < -0.4 is 14.8 Å². The Hall–Kier alpha value is -2.04. The normalized spacial score (nSPS) is 11.0. The summed E-state index contributed by atoms with van der Waals surface area (Å²) in [6.45, 7) is 12.0. The maximum Gasteiger partial charge on any atom is 0.166 e. The summed E-state index contributed by atoms with van der Waals surface area (Å²) in [6, 6.07) is 14.5. The van der Waals surface area contributed by atoms with Gasteiger partial charge in [0, 0.05) is 25.2 Å². The summed E-state index contributed by atoms with van der Waals surface area (Å²) in [5.41, 5.74) is 3.53. The van der Waals surface area contributed by atoms with Gasteiger partial charge in [-0.3, -0.25) is 0 Å². The number of hydrogen-bond donors (Lipinski definition) is 1. The summed E-state index contributed by atoms with van der Waals surface area (Å²) in [5, 5.41) is 3.52. The van der Waals surface area contributed by atoms with Gasteiger partial charge in [-0.15, -0.1) is 0 Å². The van der Waals surface area contributed by atoms with Crippen LogP contribution in [0.5, 0.6) is 11.5 Å². The zero-order valence-electron chi connectivity index (χ0n) is 16.5. The highest BCUT2D eigenvalue weighted by Gasteiger charge is 2.11. The van der Waals surface area contributed by atoms with Crippen LogP contribution in [-0.4, -0.2) is 38.2 Å². The predicted molar refractivity (Wildman–Crippen MR) is 108 cm³/mol. The lowest BCUT2D eigenvalue weighted by Gasteiger charge is -2.19. The molecule has 4 heteroatoms. The lowest BCUT2D eigenvalue weighted by molar-refractivity contribution is 0.279. The monoisotopic (exact) mass is 356 g/mol. The maximum atomic E-state index is 6.13. The summed E-state index contributed by atoms with van der Waals surface area (Å²) >= 11 is 0. The number of likely N-dealkylation sites (N-methyl/N-ethyl adjacent to an activating group) is 1. The molecule has 0 aromatic heterocycles. The van der Waals surface area contributed by atoms with Crippen molar-refractivity contribution in [2.75, 3.05) is 33.3 Å². The molecule has 142 valence electrons. The fraction of sp³-hybridized carbons (Fsp3) is 0.455. The third-order valence-electron chi connectivity index (χ3n) is 4.60. The summed E-state index contributed by atoms with van der Waals surface area (Å²) < 4.78 is 11.6. The van der Waals surface area contributed by atoms with Gasteiger partial charge in [-0.25, -0.2) is 0 Å². The highest BCUT2D eigenvalue weighted by atomic mass is 16.5. The Kier molecular flexibility index (Phi) is 8.45. The maximum absolute atomic E-state index is 6.13. The van der Waals surface area contributed by atoms with Crippen LogP contribution in [0.4, 0.5) is 0 Å². The van der Waals surface area contributed by atoms with E-state index in [1.54, 1.807) is 7.11 Å². The van der Waals surface area contributed by atoms with Gasteiger partial charge < -0.3 is 19.7 Å². The molecule has 0 fully saturated rings. The smallest absolute Gasteiger partial charge is 0.166 e. The molecule has 0 aliphatic carbocycles. The van der Waals surface area contributed by atoms with Crippen molar-refractivity contribution in [3.63, 3.8) is 0 Å². The second kappa shape index (κ2) is 10.8. The van der Waals surface area contributed by atoms with Crippen molar-refractivity contribution in [2.24, 2.45) is 0 Å². The van der Waals surface area contributed by atoms with Crippen LogP contribution in [0.1, 0.15) is 30.5 Å². The molecule has 0 saturated heterocycles. The van der Waals surface area contributed by atoms with Crippen molar-refractivity contribution in [1.82, 2.24) is 10.2 Å². The second-order valence-electron chi connectivity index (χ2n) is 6.43. The minimum atomic E-state index is 0.535. The highest BCUT2D eigenvalue weighted by Crippen LogP contribution is 2.31. The summed E-state index contributed by atoms with van der Waals surface area (Å²) in [5.74, 6) is 1.60. The Bertz CT molecular complexity index is 652. The molecule has 0 heterocycles. The molecule has 0 saturated carbocycles. The van der Waals surface area contributed by atoms with E-state index < -0.39 is 0 Å². The molecule has 2 aromatic carbocycles. The highest BCUT2D eigenvalue weighted by molar-refractivity contribution is 5.46. The van der Waals surface area contributed by atoms with Crippen molar-refractivity contribution in [1.29, 1.82) is 0 Å². The van der Waals surface area contributed by atoms with Crippen molar-refractivity contribution in [3.05, 3.63) is 59.2 Å². The Morgan fingerprint density at radius 2 is 1.73 bits per heavy atom. The molecule has 0 aliphatic rings. The van der Waals surface area contributed by atoms with Gasteiger partial charge in [-0.2, -0.15) is 0 Å². The molecule has 0 spiro atoms. The number of nitrogens with one attached hydrogen (secondary N) is 1. The number of ether oxygens (including phenoxy) is 2. The van der Waals surface area contributed by atoms with Gasteiger partial charge in [0.1, 0.15) is 6.61 Å². The fourth-order valence-corrected chi connectivity index (χ4v) is 2.86. The van der Waals surface area contributed by atoms with E-state index >= 15 is 0 Å². The van der Waals surface area contributed by atoms with Crippen LogP contribution in [0.25, 0.3) is 0 Å². The number of para-hydroxylation sites is 1. The van der Waals surface area contributed by atoms with E-state index in [-0.39, 0.29) is 0 Å². The summed E-state index contributed by atoms with van der Waals surface area (Å²) in [6.07, 6.45) is 0. The molecule has 0 atom stereocenters. The van der Waals surface area contributed by atoms with Crippen molar-refractivity contribution in [3.8, 4) is 11.5 Å². The summed E-state index contributed by atoms with van der Waals surface area (Å²) in [7, 11) is 1.69. The zero-order valence-corrected chi connectivity index (χ0v) is 16.5. The lowest BCUT2D eigenvalue weighted by Crippen LogP contribution is -2.31. The minimum Gasteiger partial charge on any atom is -0.493 e. The molecule has 0 radical (unpaired) electrons. The first kappa shape index (κ1) is 20.3. The van der Waals surface area contributed by atoms with Gasteiger partial charge in [0.05, 0.1) is 7.11 Å². The molecular formula is C22H32N2O2. The van der Waals surface area contributed by atoms with Crippen molar-refractivity contribution >= 4 is 0 Å². The standard InChI is InChI=1S/C22H32N2O2/c1-5-24(6-2)15-14-23-16-20-8-7-9-21(25-4)22(20)26-17-19-12-10-18(3)11-13-19/h7-13,23H,5-6,14-17H2,1-4H3. The van der Waals surface area contributed by atoms with Crippen molar-refractivity contribution < 1.29 is 9.47 Å². The number of hydrogen-bond acceptors (Lipinski definition) is 4. The molecule has 26 heavy (non-hydrogen) atoms. The number of aryl methyl sites for hydroxylation is 1. The quantitative estimate of drug-likeness (QED) is 0.617. The van der Waals surface area contributed by atoms with Crippen LogP contribution >= 0.6 is 0 Å². The van der Waals surface area contributed by atoms with Gasteiger partial charge in [0.15, 0.2) is 11.5 Å². The Balaban J connectivity index is 1.98. The molecule has 4 nitrogen and oxygen atoms in total. The zero-order chi connectivity index (χ0) is 18.8. The van der Waals surface area contributed by atoms with Gasteiger partial charge in [-0.1, -0.05) is 55.8 Å². The molecule has 2 rings (SSSR count). The molecular weight excluding hydrogens is 324 g/mol. The van der Waals surface area contributed by atoms with E-state index in [0.717, 1.165) is 55.3 Å². The molecule has 0 unspecified atom stereocenters. The third kappa shape index (κ3) is 6.04. The van der Waals surface area contributed by atoms with Crippen molar-refractivity contribution in [2.45, 2.75) is 33.9 Å². The van der Waals surface area contributed by atoms with Gasteiger partial charge in [-0.05, 0) is 31.6 Å². The van der Waals surface area contributed by atoms with E-state index in [1.165, 1.54) is 5.56 Å². The van der Waals surface area contributed by atoms with Crippen LogP contribution in [0.15, 0.2) is 42.5 Å². The Morgan fingerprint density at radius 3 is 2.38 bits per heavy atom. The molecule has 1 N–H and O–H groups in total. The predicted octanol–water partition coefficient (Wildman–Crippen LogP) is 4.01. The second-order valence-corrected chi connectivity index (χ2v) is 6.43. The van der Waals surface area contributed by atoms with Crippen LogP contribution in [0.3, 0.4) is 0 Å². The fourth-order valence-electron chi connectivity index (χ4n) is 2.86. The molecule has 2 aromatic rings. The number of methoxy groups -OCH3 is 1. The van der Waals surface area contributed by atoms with Crippen LogP contribution in [-0.2, 0) is 13.2 Å². The first-order valence-corrected chi connectivity index (χ1v) is 9.45. The van der Waals surface area contributed by atoms with Gasteiger partial charge in [0.2, 0.25) is 0 Å². The van der Waals surface area contributed by atoms with E-state index in [2.05, 4.69) is 61.3 Å². The molecule has 0 bridgehead atoms. The SMILES string of the molecule is CCN(CC)CCNCc1cccc(OC)c1OCc1ccc(C)cc1. The molecule has 0 aliphatic heterocycles. The first-order chi connectivity index (χ1) is 12.7. The first-order valence-electron chi connectivity index (χ1n) is 9.45. The van der Waals surface area contributed by atoms with Crippen LogP contribution in [0.2, 0.25) is 0 Å². The van der Waals surface area contributed by atoms with E-state index in [0.29, 0.717) is 6.61 Å². The average Bonchev–Trinajstić information content (AvgIpc) is 2.68. The van der Waals surface area contributed by atoms with Crippen LogP contribution in [0, 0.1) is 6.92 Å². The largest absolute Gasteiger partial charge is 0.493 e. The van der Waals surface area contributed by atoms with Gasteiger partial charge in [0.25, 0.3) is 0 Å². The average molecular weight is 357 g/mol. The number of benzene rings is 2. The Labute approximate surface area is 158 Å². The number of nitrogens with zero attached hydrogens (tertiary/aromatic N) is 1. The van der Waals surface area contributed by atoms with E-state index in [4.69, 9.17) is 9.47 Å². The Morgan fingerprint density at radius 1 is 1.00 bits per heavy atom. The summed E-state index contributed by atoms with van der Waals surface area (Å²) in [4.78, 5) is 2.41. The van der Waals surface area contributed by atoms with E-state index in [1.807, 2.05) is 12.1 Å². The van der Waals surface area contributed by atoms with Gasteiger partial charge >= 0.3 is 0 Å². The molecule has 0 amide bonds. The lowest BCUT2D eigenvalue weighted by atomic mass is 10.1.